The van der Waals surface area contributed by atoms with E-state index < -0.39 is 0 Å². The third kappa shape index (κ3) is 4.01. The van der Waals surface area contributed by atoms with Crippen molar-refractivity contribution in [3.63, 3.8) is 0 Å². The number of amides is 1. The average molecular weight is 328 g/mol. The molecular weight excluding hydrogens is 304 g/mol. The molecule has 1 aliphatic rings. The first-order chi connectivity index (χ1) is 11.3. The minimum absolute atomic E-state index is 0.0575. The molecule has 0 bridgehead atoms. The second kappa shape index (κ2) is 7.75. The topological polar surface area (TPSA) is 41.1 Å². The van der Waals surface area contributed by atoms with E-state index in [1.165, 1.54) is 10.4 Å². The number of hydrogen-bond acceptors (Lipinski definition) is 3. The lowest BCUT2D eigenvalue weighted by atomic mass is 9.86. The van der Waals surface area contributed by atoms with E-state index in [1.54, 1.807) is 11.3 Å². The lowest BCUT2D eigenvalue weighted by molar-refractivity contribution is 0.0918. The first-order valence-corrected chi connectivity index (χ1v) is 9.25. The number of piperidine rings is 1. The summed E-state index contributed by atoms with van der Waals surface area (Å²) in [5, 5.41) is 6.71. The zero-order valence-electron chi connectivity index (χ0n) is 13.5. The van der Waals surface area contributed by atoms with Gasteiger partial charge in [-0.05, 0) is 56.0 Å². The largest absolute Gasteiger partial charge is 0.344 e. The molecule has 1 aromatic carbocycles. The summed E-state index contributed by atoms with van der Waals surface area (Å²) < 4.78 is 0. The van der Waals surface area contributed by atoms with Crippen molar-refractivity contribution in [2.45, 2.75) is 32.2 Å². The van der Waals surface area contributed by atoms with Crippen LogP contribution in [0, 0.1) is 5.92 Å². The van der Waals surface area contributed by atoms with Crippen molar-refractivity contribution >= 4 is 17.2 Å². The van der Waals surface area contributed by atoms with Crippen LogP contribution in [-0.4, -0.2) is 19.0 Å². The van der Waals surface area contributed by atoms with Crippen LogP contribution in [-0.2, 0) is 6.42 Å². The van der Waals surface area contributed by atoms with Crippen molar-refractivity contribution in [3.05, 3.63) is 57.8 Å². The summed E-state index contributed by atoms with van der Waals surface area (Å²) in [6.45, 7) is 4.18. The molecular formula is C19H24N2OS. The van der Waals surface area contributed by atoms with Crippen molar-refractivity contribution in [1.29, 1.82) is 0 Å². The van der Waals surface area contributed by atoms with Crippen LogP contribution in [0.1, 0.15) is 45.9 Å². The Bertz CT molecular complexity index is 632. The molecule has 4 heteroatoms. The predicted octanol–water partition coefficient (Wildman–Crippen LogP) is 3.78. The van der Waals surface area contributed by atoms with Gasteiger partial charge in [-0.3, -0.25) is 4.79 Å². The Kier molecular flexibility index (Phi) is 5.47. The van der Waals surface area contributed by atoms with E-state index >= 15 is 0 Å². The Balaban J connectivity index is 1.79. The van der Waals surface area contributed by atoms with E-state index in [4.69, 9.17) is 0 Å². The molecule has 122 valence electrons. The third-order valence-corrected chi connectivity index (χ3v) is 5.76. The molecule has 1 amide bonds. The maximum absolute atomic E-state index is 12.7. The molecule has 1 aromatic heterocycles. The molecule has 3 rings (SSSR count). The molecule has 1 aliphatic heterocycles. The molecule has 2 N–H and O–H groups in total. The van der Waals surface area contributed by atoms with Gasteiger partial charge in [0.1, 0.15) is 0 Å². The summed E-state index contributed by atoms with van der Waals surface area (Å²) in [4.78, 5) is 14.8. The first kappa shape index (κ1) is 16.2. The lowest BCUT2D eigenvalue weighted by Gasteiger charge is -2.31. The fourth-order valence-corrected chi connectivity index (χ4v) is 4.06. The van der Waals surface area contributed by atoms with E-state index in [1.807, 2.05) is 12.1 Å². The minimum atomic E-state index is 0.0575. The Hall–Kier alpha value is -1.65. The summed E-state index contributed by atoms with van der Waals surface area (Å²) in [7, 11) is 0. The summed E-state index contributed by atoms with van der Waals surface area (Å²) in [5.41, 5.74) is 1.21. The van der Waals surface area contributed by atoms with Crippen LogP contribution >= 0.6 is 11.3 Å². The van der Waals surface area contributed by atoms with E-state index in [2.05, 4.69) is 47.9 Å². The lowest BCUT2D eigenvalue weighted by Crippen LogP contribution is -2.38. The van der Waals surface area contributed by atoms with Crippen LogP contribution in [0.4, 0.5) is 0 Å². The number of nitrogens with one attached hydrogen (secondary N) is 2. The molecule has 1 atom stereocenters. The molecule has 2 heterocycles. The van der Waals surface area contributed by atoms with Gasteiger partial charge < -0.3 is 10.6 Å². The second-order valence-electron chi connectivity index (χ2n) is 6.07. The van der Waals surface area contributed by atoms with Crippen LogP contribution in [0.5, 0.6) is 0 Å². The summed E-state index contributed by atoms with van der Waals surface area (Å²) >= 11 is 1.60. The maximum Gasteiger partial charge on any atom is 0.261 e. The highest BCUT2D eigenvalue weighted by Gasteiger charge is 2.27. The van der Waals surface area contributed by atoms with E-state index in [9.17, 15) is 4.79 Å². The van der Waals surface area contributed by atoms with Crippen LogP contribution in [0.25, 0.3) is 0 Å². The van der Waals surface area contributed by atoms with E-state index in [0.717, 1.165) is 37.2 Å². The van der Waals surface area contributed by atoms with Gasteiger partial charge in [-0.25, -0.2) is 0 Å². The molecule has 2 aromatic rings. The number of aryl methyl sites for hydroxylation is 1. The quantitative estimate of drug-likeness (QED) is 0.877. The average Bonchev–Trinajstić information content (AvgIpc) is 3.10. The third-order valence-electron chi connectivity index (χ3n) is 4.53. The molecule has 0 aliphatic carbocycles. The highest BCUT2D eigenvalue weighted by atomic mass is 32.1. The predicted molar refractivity (Wildman–Crippen MR) is 95.9 cm³/mol. The van der Waals surface area contributed by atoms with Crippen LogP contribution in [0.3, 0.4) is 0 Å². The highest BCUT2D eigenvalue weighted by Crippen LogP contribution is 2.29. The van der Waals surface area contributed by atoms with Crippen molar-refractivity contribution in [2.75, 3.05) is 13.1 Å². The minimum Gasteiger partial charge on any atom is -0.344 e. The van der Waals surface area contributed by atoms with Gasteiger partial charge in [0, 0.05) is 4.88 Å². The molecule has 1 unspecified atom stereocenters. The first-order valence-electron chi connectivity index (χ1n) is 8.43. The van der Waals surface area contributed by atoms with Crippen molar-refractivity contribution in [2.24, 2.45) is 5.92 Å². The number of benzene rings is 1. The Morgan fingerprint density at radius 3 is 2.61 bits per heavy atom. The molecule has 1 saturated heterocycles. The summed E-state index contributed by atoms with van der Waals surface area (Å²) in [6, 6.07) is 14.5. The monoisotopic (exact) mass is 328 g/mol. The molecule has 1 fully saturated rings. The number of thiophene rings is 1. The standard InChI is InChI=1S/C19H24N2OS/c1-2-16-8-9-17(23-16)19(22)21-18(14-6-4-3-5-7-14)15-10-12-20-13-11-15/h3-9,15,18,20H,2,10-13H2,1H3,(H,21,22). The van der Waals surface area contributed by atoms with Gasteiger partial charge in [0.25, 0.3) is 5.91 Å². The van der Waals surface area contributed by atoms with Gasteiger partial charge in [-0.15, -0.1) is 11.3 Å². The van der Waals surface area contributed by atoms with Crippen molar-refractivity contribution in [1.82, 2.24) is 10.6 Å². The molecule has 3 nitrogen and oxygen atoms in total. The smallest absolute Gasteiger partial charge is 0.261 e. The van der Waals surface area contributed by atoms with Gasteiger partial charge in [-0.2, -0.15) is 0 Å². The molecule has 0 spiro atoms. The van der Waals surface area contributed by atoms with Gasteiger partial charge in [0.05, 0.1) is 10.9 Å². The zero-order valence-corrected chi connectivity index (χ0v) is 14.4. The highest BCUT2D eigenvalue weighted by molar-refractivity contribution is 7.14. The van der Waals surface area contributed by atoms with Gasteiger partial charge in [-0.1, -0.05) is 37.3 Å². The van der Waals surface area contributed by atoms with Crippen LogP contribution < -0.4 is 10.6 Å². The Labute approximate surface area is 142 Å². The van der Waals surface area contributed by atoms with Gasteiger partial charge in [0.15, 0.2) is 0 Å². The number of hydrogen-bond donors (Lipinski definition) is 2. The van der Waals surface area contributed by atoms with Crippen molar-refractivity contribution < 1.29 is 4.79 Å². The van der Waals surface area contributed by atoms with Gasteiger partial charge >= 0.3 is 0 Å². The fraction of sp³-hybridized carbons (Fsp3) is 0.421. The Morgan fingerprint density at radius 1 is 1.22 bits per heavy atom. The van der Waals surface area contributed by atoms with E-state index in [0.29, 0.717) is 5.92 Å². The van der Waals surface area contributed by atoms with Gasteiger partial charge in [0.2, 0.25) is 0 Å². The van der Waals surface area contributed by atoms with E-state index in [-0.39, 0.29) is 11.9 Å². The number of carbonyl (C=O) groups is 1. The van der Waals surface area contributed by atoms with Crippen LogP contribution in [0.2, 0.25) is 0 Å². The molecule has 0 radical (unpaired) electrons. The SMILES string of the molecule is CCc1ccc(C(=O)NC(c2ccccc2)C2CCNCC2)s1. The summed E-state index contributed by atoms with van der Waals surface area (Å²) in [6.07, 6.45) is 3.18. The second-order valence-corrected chi connectivity index (χ2v) is 7.24. The summed E-state index contributed by atoms with van der Waals surface area (Å²) in [5.74, 6) is 0.551. The maximum atomic E-state index is 12.7. The molecule has 0 saturated carbocycles. The normalized spacial score (nSPS) is 16.9. The molecule has 23 heavy (non-hydrogen) atoms. The fourth-order valence-electron chi connectivity index (χ4n) is 3.21. The van der Waals surface area contributed by atoms with Crippen LogP contribution in [0.15, 0.2) is 42.5 Å². The Morgan fingerprint density at radius 2 is 1.96 bits per heavy atom. The number of rotatable bonds is 5. The zero-order chi connectivity index (χ0) is 16.1. The van der Waals surface area contributed by atoms with Crippen molar-refractivity contribution in [3.8, 4) is 0 Å². The number of carbonyl (C=O) groups excluding carboxylic acids is 1.